The summed E-state index contributed by atoms with van der Waals surface area (Å²) in [5.74, 6) is -1.05. The van der Waals surface area contributed by atoms with Gasteiger partial charge in [-0.2, -0.15) is 0 Å². The van der Waals surface area contributed by atoms with Crippen LogP contribution in [-0.2, 0) is 11.3 Å². The van der Waals surface area contributed by atoms with Gasteiger partial charge in [-0.1, -0.05) is 41.0 Å². The maximum Gasteiger partial charge on any atom is 0.414 e. The lowest BCUT2D eigenvalue weighted by atomic mass is 10.1. The molecular weight excluding hydrogens is 492 g/mol. The maximum atomic E-state index is 13.8. The average Bonchev–Trinajstić information content (AvgIpc) is 3.27. The first-order valence-corrected chi connectivity index (χ1v) is 10.9. The van der Waals surface area contributed by atoms with E-state index >= 15 is 0 Å². The minimum atomic E-state index is -2.55. The number of ether oxygens (including phenoxy) is 1. The number of halogens is 5. The molecule has 3 rings (SSSR count). The summed E-state index contributed by atoms with van der Waals surface area (Å²) in [6.45, 7) is -0.483. The molecule has 3 aromatic rings. The molecular formula is C23H23ClF4N4O3. The molecule has 35 heavy (non-hydrogen) atoms. The van der Waals surface area contributed by atoms with Crippen molar-refractivity contribution in [3.05, 3.63) is 70.8 Å². The zero-order valence-electron chi connectivity index (χ0n) is 18.6. The van der Waals surface area contributed by atoms with Crippen molar-refractivity contribution in [1.82, 2.24) is 15.4 Å². The topological polar surface area (TPSA) is 79.6 Å². The molecule has 0 unspecified atom stereocenters. The quantitative estimate of drug-likeness (QED) is 0.343. The van der Waals surface area contributed by atoms with Crippen LogP contribution in [0, 0.1) is 11.6 Å². The Labute approximate surface area is 204 Å². The number of nitrogens with zero attached hydrogens (tertiary/aromatic N) is 2. The number of carbonyl (C=O) groups excluding carboxylic acids is 1. The van der Waals surface area contributed by atoms with E-state index in [-0.39, 0.29) is 30.6 Å². The van der Waals surface area contributed by atoms with Gasteiger partial charge in [0, 0.05) is 24.7 Å². The SMILES string of the molecule is CN(Cc1cccc(F)c1Cl)[C@@H](CNCC(F)F)COC(=O)Nc1cc(-c2cccc(F)c2)no1. The van der Waals surface area contributed by atoms with Crippen LogP contribution < -0.4 is 10.6 Å². The number of nitrogens with one attached hydrogen (secondary N) is 2. The first kappa shape index (κ1) is 26.5. The molecule has 1 heterocycles. The second-order valence-corrected chi connectivity index (χ2v) is 8.02. The van der Waals surface area contributed by atoms with Gasteiger partial charge in [-0.05, 0) is 30.8 Å². The third-order valence-corrected chi connectivity index (χ3v) is 5.44. The van der Waals surface area contributed by atoms with Crippen LogP contribution in [0.4, 0.5) is 28.2 Å². The molecule has 0 aliphatic rings. The molecule has 188 valence electrons. The van der Waals surface area contributed by atoms with Crippen LogP contribution in [0.25, 0.3) is 11.3 Å². The molecule has 1 aromatic heterocycles. The third kappa shape index (κ3) is 7.94. The molecule has 0 saturated heterocycles. The van der Waals surface area contributed by atoms with Crippen LogP contribution >= 0.6 is 11.6 Å². The van der Waals surface area contributed by atoms with E-state index in [2.05, 4.69) is 15.8 Å². The fraction of sp³-hybridized carbons (Fsp3) is 0.304. The van der Waals surface area contributed by atoms with E-state index in [1.165, 1.54) is 36.4 Å². The molecule has 1 atom stereocenters. The number of hydrogen-bond acceptors (Lipinski definition) is 6. The highest BCUT2D eigenvalue weighted by molar-refractivity contribution is 6.31. The molecule has 2 aromatic carbocycles. The number of amides is 1. The highest BCUT2D eigenvalue weighted by Crippen LogP contribution is 2.23. The molecule has 0 aliphatic heterocycles. The minimum absolute atomic E-state index is 0.0264. The molecule has 0 saturated carbocycles. The number of alkyl halides is 2. The van der Waals surface area contributed by atoms with Crippen LogP contribution in [-0.4, -0.2) is 55.4 Å². The summed E-state index contributed by atoms with van der Waals surface area (Å²) in [5, 5.41) is 8.71. The lowest BCUT2D eigenvalue weighted by Gasteiger charge is -2.28. The first-order valence-electron chi connectivity index (χ1n) is 10.5. The van der Waals surface area contributed by atoms with Crippen LogP contribution in [0.2, 0.25) is 5.02 Å². The van der Waals surface area contributed by atoms with E-state index < -0.39 is 36.7 Å². The highest BCUT2D eigenvalue weighted by atomic mass is 35.5. The van der Waals surface area contributed by atoms with E-state index in [9.17, 15) is 22.4 Å². The van der Waals surface area contributed by atoms with Gasteiger partial charge in [0.1, 0.15) is 23.9 Å². The Morgan fingerprint density at radius 1 is 1.17 bits per heavy atom. The Balaban J connectivity index is 1.59. The third-order valence-electron chi connectivity index (χ3n) is 5.02. The number of hydrogen-bond donors (Lipinski definition) is 2. The second-order valence-electron chi connectivity index (χ2n) is 7.64. The zero-order chi connectivity index (χ0) is 25.4. The fourth-order valence-electron chi connectivity index (χ4n) is 3.20. The molecule has 1 amide bonds. The lowest BCUT2D eigenvalue weighted by Crippen LogP contribution is -2.44. The van der Waals surface area contributed by atoms with Gasteiger partial charge in [0.05, 0.1) is 17.6 Å². The summed E-state index contributed by atoms with van der Waals surface area (Å²) in [7, 11) is 1.67. The monoisotopic (exact) mass is 514 g/mol. The van der Waals surface area contributed by atoms with Gasteiger partial charge in [-0.15, -0.1) is 0 Å². The molecule has 7 nitrogen and oxygen atoms in total. The predicted molar refractivity (Wildman–Crippen MR) is 122 cm³/mol. The van der Waals surface area contributed by atoms with Gasteiger partial charge in [-0.3, -0.25) is 10.2 Å². The Bertz CT molecular complexity index is 1130. The molecule has 0 spiro atoms. The van der Waals surface area contributed by atoms with Crippen molar-refractivity contribution in [2.75, 3.05) is 32.1 Å². The van der Waals surface area contributed by atoms with Crippen LogP contribution in [0.1, 0.15) is 5.56 Å². The van der Waals surface area contributed by atoms with Crippen molar-refractivity contribution in [1.29, 1.82) is 0 Å². The summed E-state index contributed by atoms with van der Waals surface area (Å²) in [6, 6.07) is 10.9. The smallest absolute Gasteiger partial charge is 0.414 e. The first-order chi connectivity index (χ1) is 16.7. The molecule has 12 heteroatoms. The largest absolute Gasteiger partial charge is 0.448 e. The van der Waals surface area contributed by atoms with Crippen LogP contribution in [0.5, 0.6) is 0 Å². The van der Waals surface area contributed by atoms with Crippen LogP contribution in [0.3, 0.4) is 0 Å². The summed E-state index contributed by atoms with van der Waals surface area (Å²) in [5.41, 5.74) is 1.25. The number of benzene rings is 2. The van der Waals surface area contributed by atoms with E-state index in [0.717, 1.165) is 0 Å². The highest BCUT2D eigenvalue weighted by Gasteiger charge is 2.20. The molecule has 0 fully saturated rings. The number of likely N-dealkylation sites (N-methyl/N-ethyl adjacent to an activating group) is 1. The maximum absolute atomic E-state index is 13.8. The normalized spacial score (nSPS) is 12.2. The van der Waals surface area contributed by atoms with Gasteiger partial charge >= 0.3 is 6.09 Å². The van der Waals surface area contributed by atoms with Crippen molar-refractivity contribution < 1.29 is 31.6 Å². The van der Waals surface area contributed by atoms with E-state index in [1.54, 1.807) is 24.1 Å². The summed E-state index contributed by atoms with van der Waals surface area (Å²) >= 11 is 6.01. The molecule has 0 bridgehead atoms. The number of aromatic nitrogens is 1. The predicted octanol–water partition coefficient (Wildman–Crippen LogP) is 5.18. The van der Waals surface area contributed by atoms with Gasteiger partial charge in [0.2, 0.25) is 5.88 Å². The van der Waals surface area contributed by atoms with Crippen molar-refractivity contribution in [3.8, 4) is 11.3 Å². The Morgan fingerprint density at radius 2 is 1.94 bits per heavy atom. The van der Waals surface area contributed by atoms with Gasteiger partial charge in [0.25, 0.3) is 6.43 Å². The van der Waals surface area contributed by atoms with Crippen LogP contribution in [0.15, 0.2) is 53.1 Å². The summed E-state index contributed by atoms with van der Waals surface area (Å²) in [4.78, 5) is 14.0. The molecule has 2 N–H and O–H groups in total. The van der Waals surface area contributed by atoms with Crippen molar-refractivity contribution >= 4 is 23.6 Å². The van der Waals surface area contributed by atoms with Crippen molar-refractivity contribution in [2.45, 2.75) is 19.0 Å². The Hall–Kier alpha value is -3.15. The summed E-state index contributed by atoms with van der Waals surface area (Å²) < 4.78 is 62.6. The van der Waals surface area contributed by atoms with Gasteiger partial charge in [-0.25, -0.2) is 22.4 Å². The summed E-state index contributed by atoms with van der Waals surface area (Å²) in [6.07, 6.45) is -3.43. The standard InChI is InChI=1S/C23H23ClF4N4O3/c1-32(12-15-5-3-7-18(26)22(15)24)17(10-29-11-20(27)28)13-34-23(33)30-21-9-19(31-35-21)14-4-2-6-16(25)8-14/h2-9,17,20,29H,10-13H2,1H3,(H,30,33)/t17-/m0/s1. The minimum Gasteiger partial charge on any atom is -0.448 e. The van der Waals surface area contributed by atoms with E-state index in [1.807, 2.05) is 0 Å². The Morgan fingerprint density at radius 3 is 2.69 bits per heavy atom. The number of rotatable bonds is 11. The number of carbonyl (C=O) groups is 1. The fourth-order valence-corrected chi connectivity index (χ4v) is 3.38. The van der Waals surface area contributed by atoms with E-state index in [4.69, 9.17) is 20.9 Å². The average molecular weight is 515 g/mol. The van der Waals surface area contributed by atoms with Gasteiger partial charge < -0.3 is 14.6 Å². The van der Waals surface area contributed by atoms with E-state index in [0.29, 0.717) is 16.8 Å². The number of anilines is 1. The lowest BCUT2D eigenvalue weighted by molar-refractivity contribution is 0.0991. The van der Waals surface area contributed by atoms with Crippen molar-refractivity contribution in [3.63, 3.8) is 0 Å². The van der Waals surface area contributed by atoms with Crippen molar-refractivity contribution in [2.24, 2.45) is 0 Å². The molecule has 0 radical (unpaired) electrons. The zero-order valence-corrected chi connectivity index (χ0v) is 19.4. The molecule has 0 aliphatic carbocycles. The second kappa shape index (κ2) is 12.5. The Kier molecular flexibility index (Phi) is 9.47. The van der Waals surface area contributed by atoms with Gasteiger partial charge in [0.15, 0.2) is 0 Å².